The minimum Gasteiger partial charge on any atom is -0.357 e. The van der Waals surface area contributed by atoms with Crippen LogP contribution < -0.4 is 16.0 Å². The number of carbonyl (C=O) groups is 2. The summed E-state index contributed by atoms with van der Waals surface area (Å²) >= 11 is 5.85. The molecule has 1 aromatic rings. The van der Waals surface area contributed by atoms with Crippen LogP contribution in [0.3, 0.4) is 0 Å². The van der Waals surface area contributed by atoms with Crippen LogP contribution in [0.15, 0.2) is 24.3 Å². The zero-order chi connectivity index (χ0) is 16.7. The molecule has 1 saturated carbocycles. The minimum atomic E-state index is -0.767. The van der Waals surface area contributed by atoms with Crippen LogP contribution in [0.4, 0.5) is 4.79 Å². The lowest BCUT2D eigenvalue weighted by Gasteiger charge is -2.36. The van der Waals surface area contributed by atoms with Gasteiger partial charge in [0.2, 0.25) is 5.91 Å². The number of likely N-dealkylation sites (N-methyl/N-ethyl adjacent to an activating group) is 1. The van der Waals surface area contributed by atoms with Crippen LogP contribution in [-0.4, -0.2) is 31.1 Å². The Morgan fingerprint density at radius 1 is 1.13 bits per heavy atom. The largest absolute Gasteiger partial charge is 0.357 e. The number of hydrogen-bond acceptors (Lipinski definition) is 2. The van der Waals surface area contributed by atoms with Gasteiger partial charge in [0.1, 0.15) is 5.54 Å². The summed E-state index contributed by atoms with van der Waals surface area (Å²) in [5, 5.41) is 9.10. The first-order valence-electron chi connectivity index (χ1n) is 8.08. The van der Waals surface area contributed by atoms with E-state index in [1.165, 1.54) is 0 Å². The molecule has 1 aromatic carbocycles. The fourth-order valence-electron chi connectivity index (χ4n) is 3.04. The van der Waals surface area contributed by atoms with E-state index < -0.39 is 5.54 Å². The van der Waals surface area contributed by atoms with Crippen molar-refractivity contribution in [1.82, 2.24) is 16.0 Å². The summed E-state index contributed by atoms with van der Waals surface area (Å²) in [6.07, 6.45) is 5.13. The number of rotatable bonds is 5. The monoisotopic (exact) mass is 337 g/mol. The molecule has 0 heterocycles. The molecule has 2 rings (SSSR count). The molecule has 0 radical (unpaired) electrons. The predicted octanol–water partition coefficient (Wildman–Crippen LogP) is 2.63. The van der Waals surface area contributed by atoms with E-state index in [4.69, 9.17) is 11.6 Å². The third kappa shape index (κ3) is 4.86. The van der Waals surface area contributed by atoms with Crippen LogP contribution in [0, 0.1) is 0 Å². The van der Waals surface area contributed by atoms with Gasteiger partial charge in [-0.25, -0.2) is 4.79 Å². The molecule has 0 atom stereocenters. The summed E-state index contributed by atoms with van der Waals surface area (Å²) in [7, 11) is 1.61. The second-order valence-electron chi connectivity index (χ2n) is 5.98. The lowest BCUT2D eigenvalue weighted by atomic mass is 9.81. The number of carbonyl (C=O) groups excluding carboxylic acids is 2. The molecule has 3 amide bonds. The number of benzene rings is 1. The molecular weight excluding hydrogens is 314 g/mol. The molecule has 23 heavy (non-hydrogen) atoms. The molecule has 0 aliphatic heterocycles. The van der Waals surface area contributed by atoms with E-state index in [1.807, 2.05) is 24.3 Å². The Morgan fingerprint density at radius 3 is 2.39 bits per heavy atom. The maximum atomic E-state index is 12.2. The average Bonchev–Trinajstić information content (AvgIpc) is 2.56. The zero-order valence-corrected chi connectivity index (χ0v) is 14.2. The van der Waals surface area contributed by atoms with Gasteiger partial charge >= 0.3 is 6.03 Å². The number of halogens is 1. The van der Waals surface area contributed by atoms with Crippen LogP contribution in [0.25, 0.3) is 0 Å². The van der Waals surface area contributed by atoms with Gasteiger partial charge in [0.25, 0.3) is 0 Å². The second-order valence-corrected chi connectivity index (χ2v) is 6.42. The summed E-state index contributed by atoms with van der Waals surface area (Å²) in [6, 6.07) is 7.26. The number of hydrogen-bond donors (Lipinski definition) is 3. The quantitative estimate of drug-likeness (QED) is 0.773. The molecule has 0 spiro atoms. The van der Waals surface area contributed by atoms with Crippen LogP contribution in [0.1, 0.15) is 37.7 Å². The fourth-order valence-corrected chi connectivity index (χ4v) is 3.16. The summed E-state index contributed by atoms with van der Waals surface area (Å²) in [5.74, 6) is -0.106. The smallest absolute Gasteiger partial charge is 0.315 e. The standard InChI is InChI=1S/C17H24ClN3O2/c1-19-15(22)17(10-3-2-4-11-17)21-16(23)20-12-9-13-5-7-14(18)8-6-13/h5-8H,2-4,9-12H2,1H3,(H,19,22)(H2,20,21,23). The molecule has 5 nitrogen and oxygen atoms in total. The lowest BCUT2D eigenvalue weighted by Crippen LogP contribution is -2.61. The summed E-state index contributed by atoms with van der Waals surface area (Å²) in [6.45, 7) is 0.511. The molecule has 126 valence electrons. The number of amides is 3. The highest BCUT2D eigenvalue weighted by molar-refractivity contribution is 6.30. The Morgan fingerprint density at radius 2 is 1.78 bits per heavy atom. The maximum absolute atomic E-state index is 12.2. The van der Waals surface area contributed by atoms with Gasteiger partial charge in [-0.3, -0.25) is 4.79 Å². The molecule has 3 N–H and O–H groups in total. The highest BCUT2D eigenvalue weighted by Gasteiger charge is 2.40. The van der Waals surface area contributed by atoms with E-state index in [0.717, 1.165) is 31.2 Å². The highest BCUT2D eigenvalue weighted by atomic mass is 35.5. The van der Waals surface area contributed by atoms with Crippen molar-refractivity contribution in [2.75, 3.05) is 13.6 Å². The molecule has 6 heteroatoms. The molecule has 0 bridgehead atoms. The fraction of sp³-hybridized carbons (Fsp3) is 0.529. The molecule has 1 aliphatic carbocycles. The van der Waals surface area contributed by atoms with E-state index in [0.29, 0.717) is 24.4 Å². The lowest BCUT2D eigenvalue weighted by molar-refractivity contribution is -0.128. The Hall–Kier alpha value is -1.75. The Balaban J connectivity index is 1.84. The normalized spacial score (nSPS) is 16.4. The van der Waals surface area contributed by atoms with Crippen molar-refractivity contribution in [3.63, 3.8) is 0 Å². The van der Waals surface area contributed by atoms with E-state index in [-0.39, 0.29) is 11.9 Å². The Kier molecular flexibility index (Phi) is 6.28. The van der Waals surface area contributed by atoms with Gasteiger partial charge in [-0.2, -0.15) is 0 Å². The van der Waals surface area contributed by atoms with E-state index >= 15 is 0 Å². The topological polar surface area (TPSA) is 70.2 Å². The highest BCUT2D eigenvalue weighted by Crippen LogP contribution is 2.28. The molecule has 0 unspecified atom stereocenters. The van der Waals surface area contributed by atoms with Crippen molar-refractivity contribution in [3.8, 4) is 0 Å². The van der Waals surface area contributed by atoms with E-state index in [2.05, 4.69) is 16.0 Å². The van der Waals surface area contributed by atoms with Gasteiger partial charge in [0.05, 0.1) is 0 Å². The first-order chi connectivity index (χ1) is 11.1. The number of nitrogens with one attached hydrogen (secondary N) is 3. The third-order valence-electron chi connectivity index (χ3n) is 4.33. The predicted molar refractivity (Wildman–Crippen MR) is 91.6 cm³/mol. The Bertz CT molecular complexity index is 539. The molecule has 0 aromatic heterocycles. The van der Waals surface area contributed by atoms with Crippen molar-refractivity contribution in [3.05, 3.63) is 34.9 Å². The first kappa shape index (κ1) is 17.6. The Labute approximate surface area is 142 Å². The van der Waals surface area contributed by atoms with Gasteiger partial charge in [-0.1, -0.05) is 43.0 Å². The van der Waals surface area contributed by atoms with Crippen molar-refractivity contribution >= 4 is 23.5 Å². The van der Waals surface area contributed by atoms with Crippen molar-refractivity contribution in [2.24, 2.45) is 0 Å². The van der Waals surface area contributed by atoms with E-state index in [9.17, 15) is 9.59 Å². The van der Waals surface area contributed by atoms with Gasteiger partial charge in [0.15, 0.2) is 0 Å². The third-order valence-corrected chi connectivity index (χ3v) is 4.59. The van der Waals surface area contributed by atoms with Gasteiger partial charge in [-0.15, -0.1) is 0 Å². The summed E-state index contributed by atoms with van der Waals surface area (Å²) in [4.78, 5) is 24.3. The second kappa shape index (κ2) is 8.20. The zero-order valence-electron chi connectivity index (χ0n) is 13.5. The van der Waals surface area contributed by atoms with Crippen LogP contribution in [0.2, 0.25) is 5.02 Å². The van der Waals surface area contributed by atoms with Gasteiger partial charge < -0.3 is 16.0 Å². The van der Waals surface area contributed by atoms with Crippen LogP contribution in [-0.2, 0) is 11.2 Å². The van der Waals surface area contributed by atoms with Crippen molar-refractivity contribution < 1.29 is 9.59 Å². The summed E-state index contributed by atoms with van der Waals surface area (Å²) < 4.78 is 0. The van der Waals surface area contributed by atoms with Gasteiger partial charge in [0, 0.05) is 18.6 Å². The maximum Gasteiger partial charge on any atom is 0.315 e. The van der Waals surface area contributed by atoms with Crippen molar-refractivity contribution in [2.45, 2.75) is 44.1 Å². The first-order valence-corrected chi connectivity index (χ1v) is 8.46. The SMILES string of the molecule is CNC(=O)C1(NC(=O)NCCc2ccc(Cl)cc2)CCCCC1. The average molecular weight is 338 g/mol. The number of urea groups is 1. The molecule has 1 fully saturated rings. The van der Waals surface area contributed by atoms with Crippen LogP contribution >= 0.6 is 11.6 Å². The molecule has 0 saturated heterocycles. The molecular formula is C17H24ClN3O2. The summed E-state index contributed by atoms with van der Waals surface area (Å²) in [5.41, 5.74) is 0.338. The van der Waals surface area contributed by atoms with Gasteiger partial charge in [-0.05, 0) is 37.0 Å². The minimum absolute atomic E-state index is 0.106. The van der Waals surface area contributed by atoms with E-state index in [1.54, 1.807) is 7.05 Å². The van der Waals surface area contributed by atoms with Crippen LogP contribution in [0.5, 0.6) is 0 Å². The molecule has 1 aliphatic rings. The van der Waals surface area contributed by atoms with Crippen molar-refractivity contribution in [1.29, 1.82) is 0 Å².